The summed E-state index contributed by atoms with van der Waals surface area (Å²) in [7, 11) is 0. The molecule has 0 saturated heterocycles. The van der Waals surface area contributed by atoms with Gasteiger partial charge in [-0.15, -0.1) is 0 Å². The molecule has 6 heteroatoms. The Morgan fingerprint density at radius 2 is 2.08 bits per heavy atom. The van der Waals surface area contributed by atoms with E-state index in [2.05, 4.69) is 27.1 Å². The number of hydrogen-bond donors (Lipinski definition) is 3. The average Bonchev–Trinajstić information content (AvgIpc) is 3.18. The number of fused-ring (bicyclic) bond motifs is 1. The van der Waals surface area contributed by atoms with Crippen molar-refractivity contribution in [1.82, 2.24) is 9.97 Å². The van der Waals surface area contributed by atoms with Gasteiger partial charge in [-0.3, -0.25) is 4.79 Å². The number of hydrogen-bond acceptors (Lipinski definition) is 3. The van der Waals surface area contributed by atoms with Gasteiger partial charge in [0.05, 0.1) is 40.1 Å². The van der Waals surface area contributed by atoms with Crippen molar-refractivity contribution in [3.8, 4) is 11.8 Å². The zero-order valence-corrected chi connectivity index (χ0v) is 15.0. The minimum Gasteiger partial charge on any atom is -0.345 e. The fourth-order valence-corrected chi connectivity index (χ4v) is 2.80. The molecule has 1 amide bonds. The highest BCUT2D eigenvalue weighted by Crippen LogP contribution is 2.36. The first-order valence-electron chi connectivity index (χ1n) is 8.56. The van der Waals surface area contributed by atoms with E-state index in [0.717, 1.165) is 5.69 Å². The second-order valence-corrected chi connectivity index (χ2v) is 6.37. The molecule has 0 radical (unpaired) electrons. The number of imidazole rings is 1. The van der Waals surface area contributed by atoms with E-state index < -0.39 is 11.4 Å². The topological polar surface area (TPSA) is 83.8 Å². The summed E-state index contributed by atoms with van der Waals surface area (Å²) in [4.78, 5) is 19.5. The molecule has 1 aliphatic rings. The van der Waals surface area contributed by atoms with Crippen molar-refractivity contribution < 1.29 is 9.18 Å². The molecule has 0 unspecified atom stereocenters. The molecule has 0 spiro atoms. The number of carbonyl (C=O) groups excluding carboxylic acids is 1. The number of nitrogens with one attached hydrogen (secondary N) is 2. The molecule has 4 N–H and O–H groups in total. The van der Waals surface area contributed by atoms with Crippen LogP contribution in [0.15, 0.2) is 18.5 Å². The molecule has 5 nitrogen and oxygen atoms in total. The monoisotopic (exact) mass is 352 g/mol. The number of benzene rings is 1. The van der Waals surface area contributed by atoms with Gasteiger partial charge in [0.25, 0.3) is 5.91 Å². The minimum atomic E-state index is -0.685. The van der Waals surface area contributed by atoms with Gasteiger partial charge in [-0.1, -0.05) is 25.7 Å². The van der Waals surface area contributed by atoms with Gasteiger partial charge in [0.2, 0.25) is 0 Å². The van der Waals surface area contributed by atoms with Gasteiger partial charge in [0.1, 0.15) is 5.82 Å². The first-order valence-corrected chi connectivity index (χ1v) is 8.56. The van der Waals surface area contributed by atoms with Gasteiger partial charge in [-0.2, -0.15) is 0 Å². The van der Waals surface area contributed by atoms with Gasteiger partial charge < -0.3 is 16.0 Å². The molecule has 2 heterocycles. The number of nitrogens with zero attached hydrogens (tertiary/aromatic N) is 1. The second kappa shape index (κ2) is 6.77. The molecule has 1 aromatic carbocycles. The van der Waals surface area contributed by atoms with Crippen LogP contribution in [0, 0.1) is 24.6 Å². The smallest absolute Gasteiger partial charge is 0.256 e. The first-order chi connectivity index (χ1) is 12.4. The normalized spacial score (nSPS) is 14.8. The maximum Gasteiger partial charge on any atom is 0.256 e. The average molecular weight is 352 g/mol. The Hall–Kier alpha value is -2.91. The van der Waals surface area contributed by atoms with Crippen LogP contribution in [0.4, 0.5) is 10.1 Å². The Morgan fingerprint density at radius 3 is 2.69 bits per heavy atom. The highest BCUT2D eigenvalue weighted by atomic mass is 19.1. The summed E-state index contributed by atoms with van der Waals surface area (Å²) in [5.41, 5.74) is 8.53. The number of amides is 1. The molecule has 0 fully saturated rings. The molecule has 3 rings (SSSR count). The van der Waals surface area contributed by atoms with Crippen LogP contribution in [0.5, 0.6) is 0 Å². The van der Waals surface area contributed by atoms with Gasteiger partial charge in [0, 0.05) is 5.56 Å². The third kappa shape index (κ3) is 3.14. The van der Waals surface area contributed by atoms with Gasteiger partial charge in [0.15, 0.2) is 0 Å². The van der Waals surface area contributed by atoms with Gasteiger partial charge >= 0.3 is 0 Å². The number of rotatable bonds is 3. The predicted molar refractivity (Wildman–Crippen MR) is 101 cm³/mol. The van der Waals surface area contributed by atoms with E-state index in [1.54, 1.807) is 18.5 Å². The summed E-state index contributed by atoms with van der Waals surface area (Å²) >= 11 is 0. The van der Waals surface area contributed by atoms with Gasteiger partial charge in [-0.05, 0) is 38.0 Å². The lowest BCUT2D eigenvalue weighted by atomic mass is 9.93. The summed E-state index contributed by atoms with van der Waals surface area (Å²) in [6.07, 6.45) is 4.53. The lowest BCUT2D eigenvalue weighted by molar-refractivity contribution is -0.110. The number of aryl methyl sites for hydroxylation is 1. The molecule has 26 heavy (non-hydrogen) atoms. The SMILES string of the molecule is CCC(N)(C#Cc1c(F)ccc2c1/C(=C/c1[nH]cnc1C)C(=O)N2)CC. The summed E-state index contributed by atoms with van der Waals surface area (Å²) in [6, 6.07) is 2.85. The molecular formula is C20H21FN4O. The summed E-state index contributed by atoms with van der Waals surface area (Å²) < 4.78 is 14.6. The predicted octanol–water partition coefficient (Wildman–Crippen LogP) is 3.22. The molecule has 0 bridgehead atoms. The number of aromatic amines is 1. The van der Waals surface area contributed by atoms with Crippen LogP contribution in [0.3, 0.4) is 0 Å². The lowest BCUT2D eigenvalue weighted by Crippen LogP contribution is -2.36. The number of aromatic nitrogens is 2. The molecule has 134 valence electrons. The van der Waals surface area contributed by atoms with Crippen molar-refractivity contribution in [2.24, 2.45) is 5.73 Å². The fraction of sp³-hybridized carbons (Fsp3) is 0.300. The van der Waals surface area contributed by atoms with Crippen molar-refractivity contribution in [2.75, 3.05) is 5.32 Å². The van der Waals surface area contributed by atoms with E-state index in [9.17, 15) is 9.18 Å². The van der Waals surface area contributed by atoms with E-state index in [0.29, 0.717) is 35.4 Å². The zero-order chi connectivity index (χ0) is 18.9. The van der Waals surface area contributed by atoms with Crippen molar-refractivity contribution >= 4 is 23.2 Å². The number of H-pyrrole nitrogens is 1. The lowest BCUT2D eigenvalue weighted by Gasteiger charge is -2.18. The van der Waals surface area contributed by atoms with E-state index >= 15 is 0 Å². The Morgan fingerprint density at radius 1 is 1.35 bits per heavy atom. The van der Waals surface area contributed by atoms with Crippen molar-refractivity contribution in [1.29, 1.82) is 0 Å². The Labute approximate surface area is 151 Å². The number of carbonyl (C=O) groups is 1. The van der Waals surface area contributed by atoms with Crippen molar-refractivity contribution in [3.05, 3.63) is 46.8 Å². The van der Waals surface area contributed by atoms with Crippen molar-refractivity contribution in [3.63, 3.8) is 0 Å². The summed E-state index contributed by atoms with van der Waals surface area (Å²) in [6.45, 7) is 5.72. The highest BCUT2D eigenvalue weighted by Gasteiger charge is 2.29. The Balaban J connectivity index is 2.18. The van der Waals surface area contributed by atoms with E-state index in [1.165, 1.54) is 6.07 Å². The first kappa shape index (κ1) is 17.9. The highest BCUT2D eigenvalue weighted by molar-refractivity contribution is 6.35. The largest absolute Gasteiger partial charge is 0.345 e. The van der Waals surface area contributed by atoms with Crippen LogP contribution >= 0.6 is 0 Å². The van der Waals surface area contributed by atoms with Crippen LogP contribution < -0.4 is 11.1 Å². The van der Waals surface area contributed by atoms with E-state index in [4.69, 9.17) is 5.73 Å². The minimum absolute atomic E-state index is 0.181. The molecular weight excluding hydrogens is 331 g/mol. The standard InChI is InChI=1S/C20H21FN4O/c1-4-20(22,5-2)9-8-13-15(21)6-7-16-18(13)14(19(26)25-16)10-17-12(3)23-11-24-17/h6-7,10-11H,4-5,22H2,1-3H3,(H,23,24)(H,25,26)/b14-10-. The van der Waals surface area contributed by atoms with Crippen LogP contribution in [-0.4, -0.2) is 21.4 Å². The van der Waals surface area contributed by atoms with E-state index in [-0.39, 0.29) is 11.5 Å². The van der Waals surface area contributed by atoms with Crippen LogP contribution in [0.1, 0.15) is 49.2 Å². The molecule has 1 aliphatic heterocycles. The van der Waals surface area contributed by atoms with Crippen LogP contribution in [0.2, 0.25) is 0 Å². The third-order valence-electron chi connectivity index (χ3n) is 4.77. The molecule has 0 aliphatic carbocycles. The molecule has 1 aromatic heterocycles. The Kier molecular flexibility index (Phi) is 4.66. The number of halogens is 1. The molecule has 0 saturated carbocycles. The van der Waals surface area contributed by atoms with Gasteiger partial charge in [-0.25, -0.2) is 9.37 Å². The second-order valence-electron chi connectivity index (χ2n) is 6.37. The quantitative estimate of drug-likeness (QED) is 0.586. The fourth-order valence-electron chi connectivity index (χ4n) is 2.80. The number of nitrogens with two attached hydrogens (primary N) is 1. The number of anilines is 1. The van der Waals surface area contributed by atoms with Crippen molar-refractivity contribution in [2.45, 2.75) is 39.2 Å². The maximum atomic E-state index is 14.6. The summed E-state index contributed by atoms with van der Waals surface area (Å²) in [5.74, 6) is 5.11. The zero-order valence-electron chi connectivity index (χ0n) is 15.0. The maximum absolute atomic E-state index is 14.6. The van der Waals surface area contributed by atoms with Crippen LogP contribution in [0.25, 0.3) is 11.6 Å². The molecule has 0 atom stereocenters. The summed E-state index contributed by atoms with van der Waals surface area (Å²) in [5, 5.41) is 2.76. The van der Waals surface area contributed by atoms with E-state index in [1.807, 2.05) is 20.8 Å². The van der Waals surface area contributed by atoms with Crippen LogP contribution in [-0.2, 0) is 4.79 Å². The Bertz CT molecular complexity index is 958. The molecule has 2 aromatic rings. The third-order valence-corrected chi connectivity index (χ3v) is 4.77.